The summed E-state index contributed by atoms with van der Waals surface area (Å²) in [7, 11) is 2.58. The summed E-state index contributed by atoms with van der Waals surface area (Å²) in [5.41, 5.74) is -0.468. The van der Waals surface area contributed by atoms with E-state index in [9.17, 15) is 4.79 Å². The van der Waals surface area contributed by atoms with Gasteiger partial charge in [-0.3, -0.25) is 0 Å². The number of rotatable bonds is 3. The summed E-state index contributed by atoms with van der Waals surface area (Å²) in [4.78, 5) is 11.3. The molecular formula is C12H17O3P. The van der Waals surface area contributed by atoms with E-state index in [4.69, 9.17) is 9.47 Å². The van der Waals surface area contributed by atoms with E-state index in [0.717, 1.165) is 5.30 Å². The maximum atomic E-state index is 11.3. The van der Waals surface area contributed by atoms with Crippen LogP contribution >= 0.6 is 9.24 Å². The van der Waals surface area contributed by atoms with Crippen LogP contribution in [-0.2, 0) is 9.53 Å². The Labute approximate surface area is 98.3 Å². The van der Waals surface area contributed by atoms with E-state index in [1.165, 1.54) is 0 Å². The first-order chi connectivity index (χ1) is 7.37. The van der Waals surface area contributed by atoms with Crippen LogP contribution in [0.5, 0.6) is 5.75 Å². The summed E-state index contributed by atoms with van der Waals surface area (Å²) in [6, 6.07) is 7.42. The van der Waals surface area contributed by atoms with Crippen molar-refractivity contribution in [3.8, 4) is 5.75 Å². The molecule has 0 amide bonds. The van der Waals surface area contributed by atoms with Crippen LogP contribution in [-0.4, -0.2) is 18.2 Å². The van der Waals surface area contributed by atoms with Gasteiger partial charge in [-0.1, -0.05) is 12.1 Å². The summed E-state index contributed by atoms with van der Waals surface area (Å²) >= 11 is 0. The highest BCUT2D eigenvalue weighted by molar-refractivity contribution is 7.27. The normalized spacial score (nSPS) is 11.0. The van der Waals surface area contributed by atoms with Crippen molar-refractivity contribution in [2.75, 3.05) is 6.61 Å². The van der Waals surface area contributed by atoms with Crippen LogP contribution in [0, 0.1) is 0 Å². The third-order valence-corrected chi connectivity index (χ3v) is 2.04. The van der Waals surface area contributed by atoms with Gasteiger partial charge < -0.3 is 9.47 Å². The minimum absolute atomic E-state index is 0.0620. The molecule has 88 valence electrons. The number of hydrogen-bond acceptors (Lipinski definition) is 3. The summed E-state index contributed by atoms with van der Waals surface area (Å²) in [5, 5.41) is 1.07. The lowest BCUT2D eigenvalue weighted by atomic mass is 10.2. The smallest absolute Gasteiger partial charge is 0.344 e. The Hall–Kier alpha value is -1.08. The zero-order valence-electron chi connectivity index (χ0n) is 9.82. The van der Waals surface area contributed by atoms with Gasteiger partial charge in [-0.15, -0.1) is 9.24 Å². The number of hydrogen-bond donors (Lipinski definition) is 0. The van der Waals surface area contributed by atoms with Gasteiger partial charge in [-0.05, 0) is 38.2 Å². The summed E-state index contributed by atoms with van der Waals surface area (Å²) in [5.74, 6) is 0.305. The van der Waals surface area contributed by atoms with Crippen LogP contribution in [0.1, 0.15) is 20.8 Å². The second kappa shape index (κ2) is 5.31. The van der Waals surface area contributed by atoms with Crippen LogP contribution in [0.15, 0.2) is 24.3 Å². The van der Waals surface area contributed by atoms with E-state index < -0.39 is 5.60 Å². The van der Waals surface area contributed by atoms with Gasteiger partial charge in [0.2, 0.25) is 0 Å². The van der Waals surface area contributed by atoms with Gasteiger partial charge in [-0.2, -0.15) is 0 Å². The van der Waals surface area contributed by atoms with Crippen molar-refractivity contribution >= 4 is 20.5 Å². The molecule has 1 aromatic rings. The molecule has 3 nitrogen and oxygen atoms in total. The maximum Gasteiger partial charge on any atom is 0.344 e. The number of carbonyl (C=O) groups is 1. The molecule has 16 heavy (non-hydrogen) atoms. The zero-order chi connectivity index (χ0) is 12.2. The van der Waals surface area contributed by atoms with E-state index in [-0.39, 0.29) is 12.6 Å². The molecule has 0 fully saturated rings. The minimum atomic E-state index is -0.468. The predicted octanol–water partition coefficient (Wildman–Crippen LogP) is 1.91. The Bertz CT molecular complexity index is 352. The maximum absolute atomic E-state index is 11.3. The first-order valence-corrected chi connectivity index (χ1v) is 5.65. The first kappa shape index (κ1) is 13.0. The second-order valence-corrected chi connectivity index (χ2v) is 5.11. The Morgan fingerprint density at radius 3 is 2.31 bits per heavy atom. The highest BCUT2D eigenvalue weighted by atomic mass is 31.0. The van der Waals surface area contributed by atoms with E-state index in [1.54, 1.807) is 0 Å². The monoisotopic (exact) mass is 240 g/mol. The van der Waals surface area contributed by atoms with E-state index in [2.05, 4.69) is 9.24 Å². The van der Waals surface area contributed by atoms with Gasteiger partial charge in [0.1, 0.15) is 11.4 Å². The fraction of sp³-hybridized carbons (Fsp3) is 0.417. The number of ether oxygens (including phenoxy) is 2. The summed E-state index contributed by atoms with van der Waals surface area (Å²) < 4.78 is 10.4. The Morgan fingerprint density at radius 2 is 1.81 bits per heavy atom. The van der Waals surface area contributed by atoms with E-state index >= 15 is 0 Å². The standard InChI is InChI=1S/C12H17O3P/c1-12(2,3)15-11(13)8-14-9-4-6-10(16)7-5-9/h4-7H,8,16H2,1-3H3. The van der Waals surface area contributed by atoms with Crippen LogP contribution in [0.3, 0.4) is 0 Å². The number of carbonyl (C=O) groups excluding carboxylic acids is 1. The third kappa shape index (κ3) is 5.13. The van der Waals surface area contributed by atoms with Gasteiger partial charge in [0.15, 0.2) is 6.61 Å². The van der Waals surface area contributed by atoms with Crippen LogP contribution < -0.4 is 10.0 Å². The molecule has 1 aromatic carbocycles. The largest absolute Gasteiger partial charge is 0.482 e. The number of esters is 1. The molecule has 0 aromatic heterocycles. The molecular weight excluding hydrogens is 223 g/mol. The van der Waals surface area contributed by atoms with Crippen LogP contribution in [0.2, 0.25) is 0 Å². The molecule has 1 atom stereocenters. The minimum Gasteiger partial charge on any atom is -0.482 e. The average molecular weight is 240 g/mol. The third-order valence-electron chi connectivity index (χ3n) is 1.66. The molecule has 1 unspecified atom stereocenters. The van der Waals surface area contributed by atoms with Crippen molar-refractivity contribution in [2.45, 2.75) is 26.4 Å². The highest BCUT2D eigenvalue weighted by Gasteiger charge is 2.16. The van der Waals surface area contributed by atoms with E-state index in [0.29, 0.717) is 5.75 Å². The molecule has 0 spiro atoms. The Morgan fingerprint density at radius 1 is 1.25 bits per heavy atom. The fourth-order valence-electron chi connectivity index (χ4n) is 1.08. The molecule has 0 saturated heterocycles. The van der Waals surface area contributed by atoms with Crippen LogP contribution in [0.4, 0.5) is 0 Å². The lowest BCUT2D eigenvalue weighted by molar-refractivity contribution is -0.157. The lowest BCUT2D eigenvalue weighted by Crippen LogP contribution is -2.27. The molecule has 0 aliphatic rings. The quantitative estimate of drug-likeness (QED) is 0.598. The molecule has 4 heteroatoms. The molecule has 1 rings (SSSR count). The SMILES string of the molecule is CC(C)(C)OC(=O)COc1ccc(P)cc1. The second-order valence-electron chi connectivity index (χ2n) is 4.44. The van der Waals surface area contributed by atoms with Crippen LogP contribution in [0.25, 0.3) is 0 Å². The van der Waals surface area contributed by atoms with Crippen molar-refractivity contribution in [1.29, 1.82) is 0 Å². The topological polar surface area (TPSA) is 35.5 Å². The van der Waals surface area contributed by atoms with Gasteiger partial charge in [0.25, 0.3) is 0 Å². The highest BCUT2D eigenvalue weighted by Crippen LogP contribution is 2.10. The number of benzene rings is 1. The van der Waals surface area contributed by atoms with Crippen molar-refractivity contribution < 1.29 is 14.3 Å². The van der Waals surface area contributed by atoms with Crippen molar-refractivity contribution in [2.24, 2.45) is 0 Å². The molecule has 0 saturated carbocycles. The average Bonchev–Trinajstić information content (AvgIpc) is 2.14. The molecule has 0 N–H and O–H groups in total. The van der Waals surface area contributed by atoms with Gasteiger partial charge in [0, 0.05) is 0 Å². The van der Waals surface area contributed by atoms with Crippen molar-refractivity contribution in [3.63, 3.8) is 0 Å². The molecule has 0 aliphatic carbocycles. The van der Waals surface area contributed by atoms with E-state index in [1.807, 2.05) is 45.0 Å². The van der Waals surface area contributed by atoms with Gasteiger partial charge in [-0.25, -0.2) is 4.79 Å². The van der Waals surface area contributed by atoms with Gasteiger partial charge in [0.05, 0.1) is 0 Å². The summed E-state index contributed by atoms with van der Waals surface area (Å²) in [6.07, 6.45) is 0. The molecule has 0 bridgehead atoms. The zero-order valence-corrected chi connectivity index (χ0v) is 11.0. The first-order valence-electron chi connectivity index (χ1n) is 5.07. The van der Waals surface area contributed by atoms with Gasteiger partial charge >= 0.3 is 5.97 Å². The predicted molar refractivity (Wildman–Crippen MR) is 67.1 cm³/mol. The fourth-order valence-corrected chi connectivity index (χ4v) is 1.27. The molecule has 0 radical (unpaired) electrons. The van der Waals surface area contributed by atoms with Crippen molar-refractivity contribution in [3.05, 3.63) is 24.3 Å². The summed E-state index contributed by atoms with van der Waals surface area (Å²) in [6.45, 7) is 5.42. The lowest BCUT2D eigenvalue weighted by Gasteiger charge is -2.19. The molecule has 0 aliphatic heterocycles. The Balaban J connectivity index is 2.40. The van der Waals surface area contributed by atoms with Crippen molar-refractivity contribution in [1.82, 2.24) is 0 Å². The Kier molecular flexibility index (Phi) is 4.31. The molecule has 0 heterocycles.